The molecule has 24 heavy (non-hydrogen) atoms. The fraction of sp³-hybridized carbons (Fsp3) is 0.263. The zero-order valence-corrected chi connectivity index (χ0v) is 14.3. The summed E-state index contributed by atoms with van der Waals surface area (Å²) in [5, 5.41) is 1.16. The van der Waals surface area contributed by atoms with Crippen molar-refractivity contribution in [3.63, 3.8) is 0 Å². The summed E-state index contributed by atoms with van der Waals surface area (Å²) in [4.78, 5) is 15.8. The number of pyridine rings is 1. The average Bonchev–Trinajstić information content (AvgIpc) is 3.21. The van der Waals surface area contributed by atoms with Gasteiger partial charge in [-0.25, -0.2) is 9.97 Å². The number of aromatic nitrogens is 4. The first-order valence-electron chi connectivity index (χ1n) is 7.98. The number of nitrogens with one attached hydrogen (secondary N) is 2. The molecule has 1 aromatic carbocycles. The molecule has 3 aromatic heterocycles. The molecular weight excluding hydrogens is 300 g/mol. The van der Waals surface area contributed by atoms with Crippen LogP contribution in [0, 0.1) is 6.92 Å². The summed E-state index contributed by atoms with van der Waals surface area (Å²) < 4.78 is 5.71. The number of H-pyrrole nitrogens is 2. The van der Waals surface area contributed by atoms with E-state index in [0.717, 1.165) is 44.8 Å². The Bertz CT molecular complexity index is 1010. The van der Waals surface area contributed by atoms with E-state index in [0.29, 0.717) is 0 Å². The molecule has 0 saturated heterocycles. The molecule has 5 heteroatoms. The summed E-state index contributed by atoms with van der Waals surface area (Å²) in [6, 6.07) is 8.08. The van der Waals surface area contributed by atoms with E-state index in [1.807, 2.05) is 18.3 Å². The van der Waals surface area contributed by atoms with Crippen molar-refractivity contribution in [2.24, 2.45) is 0 Å². The second-order valence-corrected chi connectivity index (χ2v) is 6.62. The SMILES string of the molecule is COc1cc(C)c2[nH]ccc2c1C(C)(C)c1nc2ncccc2[nH]1. The smallest absolute Gasteiger partial charge is 0.177 e. The van der Waals surface area contributed by atoms with E-state index >= 15 is 0 Å². The fourth-order valence-electron chi connectivity index (χ4n) is 3.44. The number of aromatic amines is 2. The first-order chi connectivity index (χ1) is 11.5. The molecule has 4 aromatic rings. The van der Waals surface area contributed by atoms with Crippen molar-refractivity contribution in [1.82, 2.24) is 19.9 Å². The van der Waals surface area contributed by atoms with Crippen molar-refractivity contribution in [3.8, 4) is 5.75 Å². The van der Waals surface area contributed by atoms with Crippen LogP contribution < -0.4 is 4.74 Å². The van der Waals surface area contributed by atoms with Crippen molar-refractivity contribution in [1.29, 1.82) is 0 Å². The molecule has 0 aliphatic carbocycles. The van der Waals surface area contributed by atoms with Crippen molar-refractivity contribution >= 4 is 22.1 Å². The van der Waals surface area contributed by atoms with Crippen molar-refractivity contribution in [2.75, 3.05) is 7.11 Å². The molecule has 4 rings (SSSR count). The van der Waals surface area contributed by atoms with Crippen LogP contribution in [0.5, 0.6) is 5.75 Å². The van der Waals surface area contributed by atoms with E-state index in [2.05, 4.69) is 47.9 Å². The van der Waals surface area contributed by atoms with Crippen LogP contribution in [-0.4, -0.2) is 27.0 Å². The molecule has 0 spiro atoms. The van der Waals surface area contributed by atoms with Crippen molar-refractivity contribution < 1.29 is 4.74 Å². The van der Waals surface area contributed by atoms with Gasteiger partial charge in [0.25, 0.3) is 0 Å². The van der Waals surface area contributed by atoms with E-state index in [9.17, 15) is 0 Å². The normalized spacial score (nSPS) is 12.2. The Morgan fingerprint density at radius 3 is 2.79 bits per heavy atom. The van der Waals surface area contributed by atoms with Gasteiger partial charge < -0.3 is 14.7 Å². The van der Waals surface area contributed by atoms with Crippen molar-refractivity contribution in [2.45, 2.75) is 26.2 Å². The second-order valence-electron chi connectivity index (χ2n) is 6.62. The van der Waals surface area contributed by atoms with Crippen LogP contribution in [0.2, 0.25) is 0 Å². The zero-order chi connectivity index (χ0) is 16.9. The van der Waals surface area contributed by atoms with Crippen LogP contribution >= 0.6 is 0 Å². The predicted octanol–water partition coefficient (Wildman–Crippen LogP) is 4.08. The number of ether oxygens (including phenoxy) is 1. The van der Waals surface area contributed by atoms with Gasteiger partial charge in [0.1, 0.15) is 11.6 Å². The van der Waals surface area contributed by atoms with Crippen LogP contribution in [-0.2, 0) is 5.41 Å². The number of nitrogens with zero attached hydrogens (tertiary/aromatic N) is 2. The largest absolute Gasteiger partial charge is 0.496 e. The molecule has 0 atom stereocenters. The lowest BCUT2D eigenvalue weighted by atomic mass is 9.80. The standard InChI is InChI=1S/C19H20N4O/c1-11-10-14(24-4)15(12-7-9-20-16(11)12)19(2,3)18-22-13-6-5-8-21-17(13)23-18/h5-10,20H,1-4H3,(H,21,22,23). The van der Waals surface area contributed by atoms with Gasteiger partial charge in [0, 0.05) is 28.9 Å². The Hall–Kier alpha value is -2.82. The lowest BCUT2D eigenvalue weighted by molar-refractivity contribution is 0.400. The van der Waals surface area contributed by atoms with Crippen molar-refractivity contribution in [3.05, 3.63) is 53.6 Å². The summed E-state index contributed by atoms with van der Waals surface area (Å²) >= 11 is 0. The van der Waals surface area contributed by atoms with Crippen LogP contribution in [0.1, 0.15) is 30.8 Å². The van der Waals surface area contributed by atoms with Gasteiger partial charge >= 0.3 is 0 Å². The summed E-state index contributed by atoms with van der Waals surface area (Å²) in [5.74, 6) is 1.75. The first-order valence-corrected chi connectivity index (χ1v) is 7.98. The third-order valence-corrected chi connectivity index (χ3v) is 4.70. The number of benzene rings is 1. The van der Waals surface area contributed by atoms with Gasteiger partial charge in [-0.3, -0.25) is 0 Å². The molecule has 3 heterocycles. The van der Waals surface area contributed by atoms with Gasteiger partial charge in [0.2, 0.25) is 0 Å². The van der Waals surface area contributed by atoms with E-state index in [1.54, 1.807) is 13.3 Å². The van der Waals surface area contributed by atoms with Gasteiger partial charge in [-0.05, 0) is 50.6 Å². The summed E-state index contributed by atoms with van der Waals surface area (Å²) in [5.41, 5.74) is 4.73. The highest BCUT2D eigenvalue weighted by Crippen LogP contribution is 2.42. The molecule has 0 aliphatic rings. The Balaban J connectivity index is 2.01. The Morgan fingerprint density at radius 2 is 2.04 bits per heavy atom. The topological polar surface area (TPSA) is 66.6 Å². The van der Waals surface area contributed by atoms with Gasteiger partial charge in [-0.2, -0.15) is 0 Å². The Kier molecular flexibility index (Phi) is 3.13. The maximum absolute atomic E-state index is 5.71. The fourth-order valence-corrected chi connectivity index (χ4v) is 3.44. The summed E-state index contributed by atoms with van der Waals surface area (Å²) in [6.07, 6.45) is 3.73. The third-order valence-electron chi connectivity index (χ3n) is 4.70. The number of aryl methyl sites for hydroxylation is 1. The van der Waals surface area contributed by atoms with E-state index < -0.39 is 0 Å². The molecule has 0 saturated carbocycles. The highest BCUT2D eigenvalue weighted by Gasteiger charge is 2.32. The number of imidazole rings is 1. The second kappa shape index (κ2) is 5.09. The molecule has 0 amide bonds. The predicted molar refractivity (Wildman–Crippen MR) is 95.6 cm³/mol. The quantitative estimate of drug-likeness (QED) is 0.597. The highest BCUT2D eigenvalue weighted by atomic mass is 16.5. The van der Waals surface area contributed by atoms with E-state index in [4.69, 9.17) is 9.72 Å². The monoisotopic (exact) mass is 320 g/mol. The lowest BCUT2D eigenvalue weighted by Gasteiger charge is -2.26. The summed E-state index contributed by atoms with van der Waals surface area (Å²) in [6.45, 7) is 6.40. The maximum atomic E-state index is 5.71. The maximum Gasteiger partial charge on any atom is 0.177 e. The molecule has 0 bridgehead atoms. The first kappa shape index (κ1) is 14.8. The van der Waals surface area contributed by atoms with E-state index in [1.165, 1.54) is 0 Å². The minimum atomic E-state index is -0.361. The van der Waals surface area contributed by atoms with Gasteiger partial charge in [0.05, 0.1) is 18.0 Å². The summed E-state index contributed by atoms with van der Waals surface area (Å²) in [7, 11) is 1.72. The minimum absolute atomic E-state index is 0.361. The van der Waals surface area contributed by atoms with E-state index in [-0.39, 0.29) is 5.41 Å². The number of fused-ring (bicyclic) bond motifs is 2. The Morgan fingerprint density at radius 1 is 1.21 bits per heavy atom. The van der Waals surface area contributed by atoms with Gasteiger partial charge in [0.15, 0.2) is 5.65 Å². The minimum Gasteiger partial charge on any atom is -0.496 e. The number of hydrogen-bond acceptors (Lipinski definition) is 3. The number of hydrogen-bond donors (Lipinski definition) is 2. The molecule has 0 fully saturated rings. The Labute approximate surface area is 140 Å². The highest BCUT2D eigenvalue weighted by molar-refractivity contribution is 5.89. The van der Waals surface area contributed by atoms with Crippen LogP contribution in [0.25, 0.3) is 22.1 Å². The lowest BCUT2D eigenvalue weighted by Crippen LogP contribution is -2.22. The molecule has 2 N–H and O–H groups in total. The van der Waals surface area contributed by atoms with Crippen LogP contribution in [0.4, 0.5) is 0 Å². The molecule has 5 nitrogen and oxygen atoms in total. The van der Waals surface area contributed by atoms with Gasteiger partial charge in [-0.1, -0.05) is 0 Å². The molecule has 0 unspecified atom stereocenters. The molecule has 122 valence electrons. The molecule has 0 aliphatic heterocycles. The number of rotatable bonds is 3. The molecule has 0 radical (unpaired) electrons. The van der Waals surface area contributed by atoms with Crippen LogP contribution in [0.3, 0.4) is 0 Å². The number of methoxy groups -OCH3 is 1. The van der Waals surface area contributed by atoms with Crippen LogP contribution in [0.15, 0.2) is 36.7 Å². The molecular formula is C19H20N4O. The third kappa shape index (κ3) is 2.01. The van der Waals surface area contributed by atoms with Gasteiger partial charge in [-0.15, -0.1) is 0 Å². The average molecular weight is 320 g/mol. The zero-order valence-electron chi connectivity index (χ0n) is 14.3.